The van der Waals surface area contributed by atoms with Gasteiger partial charge in [-0.15, -0.1) is 24.0 Å². The molecule has 0 aliphatic carbocycles. The van der Waals surface area contributed by atoms with Crippen molar-refractivity contribution in [2.75, 3.05) is 20.1 Å². The molecule has 0 aliphatic heterocycles. The van der Waals surface area contributed by atoms with E-state index < -0.39 is 0 Å². The van der Waals surface area contributed by atoms with Crippen LogP contribution in [0.15, 0.2) is 0 Å². The van der Waals surface area contributed by atoms with Crippen molar-refractivity contribution in [2.45, 2.75) is 149 Å². The first kappa shape index (κ1) is 37.9. The number of nitrogens with two attached hydrogens (primary N) is 2. The summed E-state index contributed by atoms with van der Waals surface area (Å²) in [5.41, 5.74) is 10.4. The summed E-state index contributed by atoms with van der Waals surface area (Å²) in [6.07, 6.45) is 23.8. The summed E-state index contributed by atoms with van der Waals surface area (Å²) >= 11 is 0. The van der Waals surface area contributed by atoms with Crippen LogP contribution in [0.2, 0.25) is 0 Å². The first-order valence-corrected chi connectivity index (χ1v) is 13.0. The van der Waals surface area contributed by atoms with Crippen molar-refractivity contribution in [3.63, 3.8) is 0 Å². The van der Waals surface area contributed by atoms with Gasteiger partial charge in [-0.25, -0.2) is 0 Å². The number of unbranched alkanes of at least 4 members (excludes halogenated alkanes) is 13. The number of nitrogens with one attached hydrogen (secondary N) is 1. The molecule has 3 nitrogen and oxygen atoms in total. The Balaban J connectivity index is -0.000000319. The van der Waals surface area contributed by atoms with E-state index in [2.05, 4.69) is 47.0 Å². The van der Waals surface area contributed by atoms with E-state index in [4.69, 9.17) is 11.5 Å². The van der Waals surface area contributed by atoms with E-state index in [1.165, 1.54) is 96.3 Å². The molecule has 0 fully saturated rings. The van der Waals surface area contributed by atoms with Gasteiger partial charge in [0.25, 0.3) is 0 Å². The third-order valence-electron chi connectivity index (χ3n) is 5.41. The molecule has 0 radical (unpaired) electrons. The minimum Gasteiger partial charge on any atom is -0.330 e. The molecule has 188 valence electrons. The minimum absolute atomic E-state index is 0. The second-order valence-corrected chi connectivity index (χ2v) is 9.06. The Kier molecular flexibility index (Phi) is 43.2. The molecule has 0 aromatic carbocycles. The van der Waals surface area contributed by atoms with Gasteiger partial charge in [0, 0.05) is 5.54 Å². The zero-order valence-electron chi connectivity index (χ0n) is 22.0. The Labute approximate surface area is 209 Å². The van der Waals surface area contributed by atoms with Crippen LogP contribution in [0.4, 0.5) is 0 Å². The van der Waals surface area contributed by atoms with Crippen LogP contribution in [-0.2, 0) is 0 Å². The van der Waals surface area contributed by atoms with Gasteiger partial charge in [0.15, 0.2) is 0 Å². The van der Waals surface area contributed by atoms with Crippen molar-refractivity contribution in [2.24, 2.45) is 11.5 Å². The standard InChI is InChI=1S/C20H43N.2C3H9N.HI/c1-5-6-7-8-9-10-11-12-13-14-15-16-17-18-19-20(2,3)21-4;2*1-2-3-4;/h21H,5-19H2,1-4H3;2*2-4H2,1H3;1H. The van der Waals surface area contributed by atoms with Gasteiger partial charge in [-0.2, -0.15) is 0 Å². The highest BCUT2D eigenvalue weighted by Crippen LogP contribution is 2.16. The minimum atomic E-state index is 0. The average molecular weight is 544 g/mol. The largest absolute Gasteiger partial charge is 0.330 e. The highest BCUT2D eigenvalue weighted by atomic mass is 127. The normalized spacial score (nSPS) is 10.4. The highest BCUT2D eigenvalue weighted by Gasteiger charge is 2.12. The summed E-state index contributed by atoms with van der Waals surface area (Å²) < 4.78 is 0. The summed E-state index contributed by atoms with van der Waals surface area (Å²) in [5, 5.41) is 3.39. The van der Waals surface area contributed by atoms with Gasteiger partial charge < -0.3 is 16.8 Å². The molecule has 0 aromatic rings. The van der Waals surface area contributed by atoms with Gasteiger partial charge in [0.1, 0.15) is 0 Å². The lowest BCUT2D eigenvalue weighted by Crippen LogP contribution is -2.35. The highest BCUT2D eigenvalue weighted by molar-refractivity contribution is 14.0. The molecule has 0 bridgehead atoms. The zero-order chi connectivity index (χ0) is 22.6. The van der Waals surface area contributed by atoms with E-state index in [9.17, 15) is 0 Å². The van der Waals surface area contributed by atoms with Gasteiger partial charge in [0.2, 0.25) is 0 Å². The van der Waals surface area contributed by atoms with Crippen molar-refractivity contribution < 1.29 is 0 Å². The van der Waals surface area contributed by atoms with E-state index in [0.717, 1.165) is 25.9 Å². The Morgan fingerprint density at radius 2 is 0.800 bits per heavy atom. The van der Waals surface area contributed by atoms with E-state index >= 15 is 0 Å². The summed E-state index contributed by atoms with van der Waals surface area (Å²) in [4.78, 5) is 0. The molecule has 0 saturated heterocycles. The molecule has 0 atom stereocenters. The molecule has 5 N–H and O–H groups in total. The first-order valence-electron chi connectivity index (χ1n) is 13.0. The molecule has 0 heterocycles. The average Bonchev–Trinajstić information content (AvgIpc) is 2.74. The molecule has 0 rings (SSSR count). The van der Waals surface area contributed by atoms with Crippen molar-refractivity contribution in [1.29, 1.82) is 0 Å². The molecule has 0 aliphatic rings. The maximum atomic E-state index is 5.03. The molecule has 4 heteroatoms. The number of hydrogen-bond donors (Lipinski definition) is 3. The van der Waals surface area contributed by atoms with Crippen molar-refractivity contribution >= 4 is 24.0 Å². The Hall–Kier alpha value is 0.610. The molecule has 0 unspecified atom stereocenters. The Morgan fingerprint density at radius 3 is 1.03 bits per heavy atom. The van der Waals surface area contributed by atoms with Crippen LogP contribution >= 0.6 is 24.0 Å². The second-order valence-electron chi connectivity index (χ2n) is 9.06. The quantitative estimate of drug-likeness (QED) is 0.121. The van der Waals surface area contributed by atoms with Gasteiger partial charge in [-0.05, 0) is 53.2 Å². The lowest BCUT2D eigenvalue weighted by molar-refractivity contribution is 0.373. The van der Waals surface area contributed by atoms with Gasteiger partial charge in [0.05, 0.1) is 0 Å². The maximum Gasteiger partial charge on any atom is 0.0122 e. The molecule has 30 heavy (non-hydrogen) atoms. The first-order chi connectivity index (χ1) is 13.9. The Bertz CT molecular complexity index is 253. The third-order valence-corrected chi connectivity index (χ3v) is 5.41. The number of hydrogen-bond acceptors (Lipinski definition) is 3. The topological polar surface area (TPSA) is 64.1 Å². The van der Waals surface area contributed by atoms with E-state index in [-0.39, 0.29) is 24.0 Å². The van der Waals surface area contributed by atoms with E-state index in [1.54, 1.807) is 0 Å². The predicted molar refractivity (Wildman–Crippen MR) is 152 cm³/mol. The molecular weight excluding hydrogens is 481 g/mol. The maximum absolute atomic E-state index is 5.03. The number of rotatable bonds is 18. The van der Waals surface area contributed by atoms with E-state index in [1.807, 2.05) is 0 Å². The SMILES string of the molecule is CCCCCCCCCCCCCCCCC(C)(C)NC.CCCN.CCCN.I. The lowest BCUT2D eigenvalue weighted by Gasteiger charge is -2.23. The second kappa shape index (κ2) is 34.2. The van der Waals surface area contributed by atoms with Gasteiger partial charge >= 0.3 is 0 Å². The number of halogens is 1. The lowest BCUT2D eigenvalue weighted by atomic mass is 9.96. The zero-order valence-corrected chi connectivity index (χ0v) is 24.3. The summed E-state index contributed by atoms with van der Waals surface area (Å²) in [6.45, 7) is 12.6. The van der Waals surface area contributed by atoms with Gasteiger partial charge in [-0.3, -0.25) is 0 Å². The fraction of sp³-hybridized carbons (Fsp3) is 1.00. The monoisotopic (exact) mass is 543 g/mol. The van der Waals surface area contributed by atoms with Crippen molar-refractivity contribution in [3.05, 3.63) is 0 Å². The summed E-state index contributed by atoms with van der Waals surface area (Å²) in [7, 11) is 2.07. The van der Waals surface area contributed by atoms with Crippen LogP contribution in [0.3, 0.4) is 0 Å². The van der Waals surface area contributed by atoms with Crippen LogP contribution < -0.4 is 16.8 Å². The van der Waals surface area contributed by atoms with Crippen molar-refractivity contribution in [1.82, 2.24) is 5.32 Å². The van der Waals surface area contributed by atoms with Crippen molar-refractivity contribution in [3.8, 4) is 0 Å². The van der Waals surface area contributed by atoms with Crippen LogP contribution in [0.1, 0.15) is 144 Å². The molecule has 0 saturated carbocycles. The fourth-order valence-electron chi connectivity index (χ4n) is 2.89. The molecule has 0 aromatic heterocycles. The van der Waals surface area contributed by atoms with Crippen LogP contribution in [0.25, 0.3) is 0 Å². The van der Waals surface area contributed by atoms with Gasteiger partial charge in [-0.1, -0.05) is 111 Å². The predicted octanol–water partition coefficient (Wildman–Crippen LogP) is 8.18. The van der Waals surface area contributed by atoms with Crippen LogP contribution in [-0.4, -0.2) is 25.7 Å². The smallest absolute Gasteiger partial charge is 0.0122 e. The molecular formula is C26H62IN3. The fourth-order valence-corrected chi connectivity index (χ4v) is 2.89. The summed E-state index contributed by atoms with van der Waals surface area (Å²) in [6, 6.07) is 0. The van der Waals surface area contributed by atoms with Crippen LogP contribution in [0, 0.1) is 0 Å². The molecule has 0 amide bonds. The Morgan fingerprint density at radius 1 is 0.533 bits per heavy atom. The molecule has 0 spiro atoms. The third kappa shape index (κ3) is 42.7. The summed E-state index contributed by atoms with van der Waals surface area (Å²) in [5.74, 6) is 0. The van der Waals surface area contributed by atoms with E-state index in [0.29, 0.717) is 5.54 Å². The van der Waals surface area contributed by atoms with Crippen LogP contribution in [0.5, 0.6) is 0 Å².